The van der Waals surface area contributed by atoms with Crippen LogP contribution in [-0.2, 0) is 53.1 Å². The second kappa shape index (κ2) is 20.7. The van der Waals surface area contributed by atoms with Gasteiger partial charge in [0.15, 0.2) is 0 Å². The highest BCUT2D eigenvalue weighted by Gasteiger charge is 2.29. The van der Waals surface area contributed by atoms with Crippen molar-refractivity contribution in [3.63, 3.8) is 0 Å². The fraction of sp³-hybridized carbons (Fsp3) is 0.733. The summed E-state index contributed by atoms with van der Waals surface area (Å²) in [6, 6.07) is -2.07. The number of amides is 2. The molecule has 0 aromatic rings. The lowest BCUT2D eigenvalue weighted by Gasteiger charge is -2.25. The molecule has 0 spiro atoms. The smallest absolute Gasteiger partial charge is 0.329 e. The van der Waals surface area contributed by atoms with E-state index in [0.29, 0.717) is 6.54 Å². The Morgan fingerprint density at radius 3 is 2.00 bits per heavy atom. The van der Waals surface area contributed by atoms with Gasteiger partial charge in [0, 0.05) is 38.3 Å². The van der Waals surface area contributed by atoms with Gasteiger partial charge in [0.25, 0.3) is 0 Å². The van der Waals surface area contributed by atoms with Crippen LogP contribution in [0.3, 0.4) is 0 Å². The molecule has 0 heterocycles. The number of Topliss-reactive ketones (excluding diaryl/α,β-unsaturated/α-hetero) is 1. The van der Waals surface area contributed by atoms with E-state index in [0.717, 1.165) is 0 Å². The maximum atomic E-state index is 13.0. The SMILES string of the molecule is C=CCOC(=O)CCN(CCCC(=O)N[C@@H](C)C(=O)OCS(=O)(=O)O)CCC(=O)C[C@H](C(=O)N[C@@H](C)C(=O)OC(C)(C)C)C(C)C. The summed E-state index contributed by atoms with van der Waals surface area (Å²) in [6.45, 7) is 15.9. The molecule has 0 radical (unpaired) electrons. The molecule has 16 heteroatoms. The van der Waals surface area contributed by atoms with Gasteiger partial charge in [-0.3, -0.25) is 23.7 Å². The van der Waals surface area contributed by atoms with Crippen LogP contribution >= 0.6 is 0 Å². The van der Waals surface area contributed by atoms with Crippen molar-refractivity contribution in [2.24, 2.45) is 11.8 Å². The highest BCUT2D eigenvalue weighted by molar-refractivity contribution is 7.85. The van der Waals surface area contributed by atoms with Crippen LogP contribution in [0.15, 0.2) is 12.7 Å². The molecule has 0 aromatic heterocycles. The molecular formula is C30H51N3O12S. The summed E-state index contributed by atoms with van der Waals surface area (Å²) in [4.78, 5) is 76.2. The minimum Gasteiger partial charge on any atom is -0.461 e. The summed E-state index contributed by atoms with van der Waals surface area (Å²) >= 11 is 0. The molecule has 0 aliphatic heterocycles. The molecule has 15 nitrogen and oxygen atoms in total. The van der Waals surface area contributed by atoms with E-state index in [9.17, 15) is 37.2 Å². The zero-order valence-corrected chi connectivity index (χ0v) is 28.8. The van der Waals surface area contributed by atoms with E-state index in [1.165, 1.54) is 19.9 Å². The first-order valence-corrected chi connectivity index (χ1v) is 16.7. The van der Waals surface area contributed by atoms with E-state index in [4.69, 9.17) is 14.0 Å². The average molecular weight is 678 g/mol. The number of esters is 3. The summed E-state index contributed by atoms with van der Waals surface area (Å²) in [6.07, 6.45) is 1.70. The molecule has 0 fully saturated rings. The number of hydrogen-bond acceptors (Lipinski definition) is 12. The summed E-state index contributed by atoms with van der Waals surface area (Å²) in [5.41, 5.74) is -0.720. The second-order valence-electron chi connectivity index (χ2n) is 12.2. The van der Waals surface area contributed by atoms with Crippen LogP contribution in [0.2, 0.25) is 0 Å². The molecule has 0 saturated heterocycles. The van der Waals surface area contributed by atoms with Gasteiger partial charge in [-0.1, -0.05) is 26.5 Å². The van der Waals surface area contributed by atoms with Gasteiger partial charge in [0.2, 0.25) is 17.8 Å². The van der Waals surface area contributed by atoms with Gasteiger partial charge < -0.3 is 29.7 Å². The van der Waals surface area contributed by atoms with Gasteiger partial charge in [-0.05, 0) is 53.5 Å². The Bertz CT molecular complexity index is 1160. The largest absolute Gasteiger partial charge is 0.461 e. The van der Waals surface area contributed by atoms with Crippen LogP contribution in [0.25, 0.3) is 0 Å². The van der Waals surface area contributed by atoms with Crippen LogP contribution in [0.5, 0.6) is 0 Å². The summed E-state index contributed by atoms with van der Waals surface area (Å²) < 4.78 is 44.9. The first-order chi connectivity index (χ1) is 21.1. The Morgan fingerprint density at radius 2 is 1.46 bits per heavy atom. The van der Waals surface area contributed by atoms with Crippen molar-refractivity contribution in [2.45, 2.75) is 98.3 Å². The number of nitrogens with zero attached hydrogens (tertiary/aromatic N) is 1. The van der Waals surface area contributed by atoms with Crippen LogP contribution in [0.4, 0.5) is 0 Å². The molecule has 264 valence electrons. The molecule has 3 atom stereocenters. The topological polar surface area (TPSA) is 212 Å². The lowest BCUT2D eigenvalue weighted by atomic mass is 9.89. The van der Waals surface area contributed by atoms with E-state index in [-0.39, 0.29) is 63.5 Å². The van der Waals surface area contributed by atoms with Crippen LogP contribution in [0.1, 0.15) is 80.6 Å². The number of nitrogens with one attached hydrogen (secondary N) is 2. The highest BCUT2D eigenvalue weighted by Crippen LogP contribution is 2.18. The number of ether oxygens (including phenoxy) is 3. The molecule has 0 rings (SSSR count). The van der Waals surface area contributed by atoms with E-state index < -0.39 is 69.4 Å². The van der Waals surface area contributed by atoms with E-state index in [2.05, 4.69) is 21.9 Å². The Morgan fingerprint density at radius 1 is 0.870 bits per heavy atom. The average Bonchev–Trinajstić information content (AvgIpc) is 2.92. The van der Waals surface area contributed by atoms with Gasteiger partial charge in [-0.15, -0.1) is 0 Å². The number of hydrogen-bond donors (Lipinski definition) is 3. The summed E-state index contributed by atoms with van der Waals surface area (Å²) in [7, 11) is -4.52. The number of rotatable bonds is 22. The predicted octanol–water partition coefficient (Wildman–Crippen LogP) is 1.55. The third-order valence-electron chi connectivity index (χ3n) is 6.37. The molecule has 0 aromatic carbocycles. The Labute approximate surface area is 271 Å². The molecule has 46 heavy (non-hydrogen) atoms. The molecule has 0 aliphatic carbocycles. The predicted molar refractivity (Wildman–Crippen MR) is 168 cm³/mol. The number of carbonyl (C=O) groups excluding carboxylic acids is 6. The van der Waals surface area contributed by atoms with Crippen molar-refractivity contribution >= 4 is 45.6 Å². The van der Waals surface area contributed by atoms with Gasteiger partial charge in [-0.25, -0.2) is 9.59 Å². The van der Waals surface area contributed by atoms with Crippen molar-refractivity contribution in [3.05, 3.63) is 12.7 Å². The number of carbonyl (C=O) groups is 6. The third-order valence-corrected chi connectivity index (χ3v) is 6.78. The van der Waals surface area contributed by atoms with Crippen molar-refractivity contribution in [1.29, 1.82) is 0 Å². The molecular weight excluding hydrogens is 626 g/mol. The fourth-order valence-electron chi connectivity index (χ4n) is 3.93. The fourth-order valence-corrected chi connectivity index (χ4v) is 4.20. The first kappa shape index (κ1) is 42.6. The van der Waals surface area contributed by atoms with Crippen molar-refractivity contribution < 1.29 is 55.9 Å². The van der Waals surface area contributed by atoms with Gasteiger partial charge >= 0.3 is 28.0 Å². The van der Waals surface area contributed by atoms with Crippen molar-refractivity contribution in [2.75, 3.05) is 32.2 Å². The van der Waals surface area contributed by atoms with Gasteiger partial charge in [0.1, 0.15) is 30.1 Å². The Hall–Kier alpha value is -3.37. The lowest BCUT2D eigenvalue weighted by molar-refractivity contribution is -0.158. The van der Waals surface area contributed by atoms with Crippen LogP contribution in [0, 0.1) is 11.8 Å². The third kappa shape index (κ3) is 20.6. The second-order valence-corrected chi connectivity index (χ2v) is 13.6. The highest BCUT2D eigenvalue weighted by atomic mass is 32.2. The number of ketones is 1. The van der Waals surface area contributed by atoms with E-state index >= 15 is 0 Å². The molecule has 0 unspecified atom stereocenters. The van der Waals surface area contributed by atoms with Gasteiger partial charge in [0.05, 0.1) is 6.42 Å². The molecule has 3 N–H and O–H groups in total. The normalized spacial score (nSPS) is 13.7. The monoisotopic (exact) mass is 677 g/mol. The lowest BCUT2D eigenvalue weighted by Crippen LogP contribution is -2.45. The zero-order chi connectivity index (χ0) is 35.7. The van der Waals surface area contributed by atoms with Crippen molar-refractivity contribution in [3.8, 4) is 0 Å². The molecule has 2 amide bonds. The van der Waals surface area contributed by atoms with Gasteiger partial charge in [-0.2, -0.15) is 8.42 Å². The van der Waals surface area contributed by atoms with E-state index in [1.807, 2.05) is 0 Å². The molecule has 0 saturated carbocycles. The maximum absolute atomic E-state index is 13.0. The van der Waals surface area contributed by atoms with Crippen molar-refractivity contribution in [1.82, 2.24) is 15.5 Å². The van der Waals surface area contributed by atoms with Crippen LogP contribution in [-0.4, -0.2) is 103 Å². The standard InChI is InChI=1S/C30H51N3O12S/c1-9-17-43-26(36)13-16-33(14-10-11-25(35)31-21(4)28(38)44-19-46(40,41)42)15-12-23(34)18-24(20(2)3)27(37)32-22(5)29(39)45-30(6,7)8/h9,20-22,24H,1,10-19H2,2-8H3,(H,31,35)(H,32,37)(H,40,41,42)/t21-,22-,24-/m0/s1. The minimum atomic E-state index is -4.52. The quantitative estimate of drug-likeness (QED) is 0.0643. The summed E-state index contributed by atoms with van der Waals surface area (Å²) in [5, 5.41) is 5.01. The Balaban J connectivity index is 5.16. The maximum Gasteiger partial charge on any atom is 0.329 e. The Kier molecular flexibility index (Phi) is 19.2. The summed E-state index contributed by atoms with van der Waals surface area (Å²) in [5.74, 6) is -5.38. The zero-order valence-electron chi connectivity index (χ0n) is 28.0. The minimum absolute atomic E-state index is 0.0183. The van der Waals surface area contributed by atoms with Crippen LogP contribution < -0.4 is 10.6 Å². The first-order valence-electron chi connectivity index (χ1n) is 15.1. The molecule has 0 aliphatic rings. The van der Waals surface area contributed by atoms with E-state index in [1.54, 1.807) is 39.5 Å². The molecule has 0 bridgehead atoms.